The lowest BCUT2D eigenvalue weighted by atomic mass is 10.0. The van der Waals surface area contributed by atoms with Gasteiger partial charge in [0.25, 0.3) is 0 Å². The molecule has 0 bridgehead atoms. The topological polar surface area (TPSA) is 25.2 Å². The molecule has 0 amide bonds. The Kier molecular flexibility index (Phi) is 2.93. The minimum atomic E-state index is 0.964. The average molecular weight is 289 g/mol. The van der Waals surface area contributed by atoms with E-state index in [4.69, 9.17) is 0 Å². The van der Waals surface area contributed by atoms with Gasteiger partial charge in [0.1, 0.15) is 0 Å². The molecule has 0 saturated carbocycles. The number of nitrogens with zero attached hydrogens (tertiary/aromatic N) is 2. The molecular weight excluding hydrogens is 276 g/mol. The predicted molar refractivity (Wildman–Crippen MR) is 74.7 cm³/mol. The van der Waals surface area contributed by atoms with Gasteiger partial charge in [-0.3, -0.25) is 9.98 Å². The number of fused-ring (bicyclic) bond motifs is 1. The molecule has 0 radical (unpaired) electrons. The lowest BCUT2D eigenvalue weighted by Crippen LogP contribution is -2.00. The summed E-state index contributed by atoms with van der Waals surface area (Å²) >= 11 is 3.69. The third kappa shape index (κ3) is 2.12. The molecule has 2 nitrogen and oxygen atoms in total. The van der Waals surface area contributed by atoms with Crippen molar-refractivity contribution >= 4 is 32.5 Å². The second-order valence-corrected chi connectivity index (χ2v) is 5.13. The van der Waals surface area contributed by atoms with Gasteiger partial charge in [-0.15, -0.1) is 0 Å². The minimum Gasteiger partial charge on any atom is -0.294 e. The molecule has 1 aliphatic heterocycles. The van der Waals surface area contributed by atoms with Crippen LogP contribution in [0.3, 0.4) is 0 Å². The fraction of sp³-hybridized carbons (Fsp3) is 0.286. The van der Waals surface area contributed by atoms with Gasteiger partial charge in [-0.05, 0) is 46.5 Å². The summed E-state index contributed by atoms with van der Waals surface area (Å²) < 4.78 is 1.16. The highest BCUT2D eigenvalue weighted by Gasteiger charge is 2.11. The van der Waals surface area contributed by atoms with Crippen molar-refractivity contribution in [3.63, 3.8) is 0 Å². The molecule has 0 N–H and O–H groups in total. The zero-order valence-electron chi connectivity index (χ0n) is 9.49. The van der Waals surface area contributed by atoms with Crippen LogP contribution in [0.1, 0.15) is 18.4 Å². The molecule has 0 atom stereocenters. The number of hydrogen-bond acceptors (Lipinski definition) is 2. The van der Waals surface area contributed by atoms with E-state index in [0.717, 1.165) is 29.4 Å². The summed E-state index contributed by atoms with van der Waals surface area (Å²) in [6, 6.07) is 8.32. The van der Waals surface area contributed by atoms with Gasteiger partial charge < -0.3 is 0 Å². The van der Waals surface area contributed by atoms with E-state index in [1.165, 1.54) is 23.1 Å². The Labute approximate surface area is 109 Å². The number of aromatic nitrogens is 1. The normalized spacial score (nSPS) is 15.2. The molecule has 0 saturated heterocycles. The minimum absolute atomic E-state index is 0.964. The highest BCUT2D eigenvalue weighted by atomic mass is 79.9. The first kappa shape index (κ1) is 10.9. The molecular formula is C14H13BrN2. The molecule has 0 aliphatic carbocycles. The molecule has 3 rings (SSSR count). The van der Waals surface area contributed by atoms with Crippen molar-refractivity contribution in [1.29, 1.82) is 0 Å². The van der Waals surface area contributed by atoms with Crippen LogP contribution in [0.2, 0.25) is 0 Å². The first-order valence-electron chi connectivity index (χ1n) is 5.89. The SMILES string of the molecule is Brc1c(CC2=NCCC2)ccc2ncccc12. The zero-order chi connectivity index (χ0) is 11.7. The Balaban J connectivity index is 2.02. The van der Waals surface area contributed by atoms with E-state index >= 15 is 0 Å². The standard InChI is InChI=1S/C14H13BrN2/c15-14-10(9-11-3-1-7-16-11)5-6-13-12(14)4-2-8-17-13/h2,4-6,8H,1,3,7,9H2. The largest absolute Gasteiger partial charge is 0.294 e. The van der Waals surface area contributed by atoms with E-state index < -0.39 is 0 Å². The van der Waals surface area contributed by atoms with Crippen LogP contribution in [0.4, 0.5) is 0 Å². The van der Waals surface area contributed by atoms with Gasteiger partial charge in [0.05, 0.1) is 5.52 Å². The monoisotopic (exact) mass is 288 g/mol. The highest BCUT2D eigenvalue weighted by Crippen LogP contribution is 2.27. The molecule has 1 aromatic carbocycles. The van der Waals surface area contributed by atoms with Crippen LogP contribution >= 0.6 is 15.9 Å². The molecule has 1 aromatic heterocycles. The molecule has 0 fully saturated rings. The Morgan fingerprint density at radius 1 is 1.24 bits per heavy atom. The summed E-state index contributed by atoms with van der Waals surface area (Å²) in [5, 5.41) is 1.18. The summed E-state index contributed by atoms with van der Waals surface area (Å²) in [6.07, 6.45) is 5.15. The molecule has 0 spiro atoms. The van der Waals surface area contributed by atoms with Crippen LogP contribution in [-0.2, 0) is 6.42 Å². The molecule has 2 heterocycles. The van der Waals surface area contributed by atoms with Crippen LogP contribution in [0.25, 0.3) is 10.9 Å². The third-order valence-electron chi connectivity index (χ3n) is 3.15. The van der Waals surface area contributed by atoms with E-state index in [2.05, 4.69) is 44.1 Å². The van der Waals surface area contributed by atoms with Crippen LogP contribution in [0.5, 0.6) is 0 Å². The number of hydrogen-bond donors (Lipinski definition) is 0. The lowest BCUT2D eigenvalue weighted by Gasteiger charge is -2.07. The molecule has 3 heteroatoms. The van der Waals surface area contributed by atoms with Gasteiger partial charge in [0, 0.05) is 34.7 Å². The molecule has 1 aliphatic rings. The lowest BCUT2D eigenvalue weighted by molar-refractivity contribution is 0.949. The van der Waals surface area contributed by atoms with Crippen molar-refractivity contribution in [3.05, 3.63) is 40.5 Å². The van der Waals surface area contributed by atoms with Crippen LogP contribution < -0.4 is 0 Å². The van der Waals surface area contributed by atoms with Crippen molar-refractivity contribution in [3.8, 4) is 0 Å². The van der Waals surface area contributed by atoms with Gasteiger partial charge >= 0.3 is 0 Å². The van der Waals surface area contributed by atoms with Gasteiger partial charge in [0.2, 0.25) is 0 Å². The summed E-state index contributed by atoms with van der Waals surface area (Å²) in [7, 11) is 0. The fourth-order valence-corrected chi connectivity index (χ4v) is 2.87. The second-order valence-electron chi connectivity index (χ2n) is 4.34. The summed E-state index contributed by atoms with van der Waals surface area (Å²) in [5.41, 5.74) is 3.68. The van der Waals surface area contributed by atoms with E-state index in [1.807, 2.05) is 12.3 Å². The van der Waals surface area contributed by atoms with Gasteiger partial charge in [-0.1, -0.05) is 12.1 Å². The van der Waals surface area contributed by atoms with Crippen LogP contribution in [0, 0.1) is 0 Å². The fourth-order valence-electron chi connectivity index (χ4n) is 2.26. The number of pyridine rings is 1. The first-order chi connectivity index (χ1) is 8.34. The van der Waals surface area contributed by atoms with Gasteiger partial charge in [0.15, 0.2) is 0 Å². The van der Waals surface area contributed by atoms with Crippen molar-refractivity contribution in [2.45, 2.75) is 19.3 Å². The maximum absolute atomic E-state index is 4.53. The average Bonchev–Trinajstić information content (AvgIpc) is 2.86. The predicted octanol–water partition coefficient (Wildman–Crippen LogP) is 3.77. The Hall–Kier alpha value is -1.22. The van der Waals surface area contributed by atoms with Crippen molar-refractivity contribution in [2.24, 2.45) is 4.99 Å². The van der Waals surface area contributed by atoms with Crippen molar-refractivity contribution in [1.82, 2.24) is 4.98 Å². The van der Waals surface area contributed by atoms with Crippen molar-refractivity contribution < 1.29 is 0 Å². The quantitative estimate of drug-likeness (QED) is 0.826. The van der Waals surface area contributed by atoms with Crippen LogP contribution in [-0.4, -0.2) is 17.2 Å². The Morgan fingerprint density at radius 2 is 2.18 bits per heavy atom. The molecule has 0 unspecified atom stereocenters. The summed E-state index contributed by atoms with van der Waals surface area (Å²) in [4.78, 5) is 8.89. The smallest absolute Gasteiger partial charge is 0.0713 e. The molecule has 17 heavy (non-hydrogen) atoms. The third-order valence-corrected chi connectivity index (χ3v) is 4.09. The molecule has 86 valence electrons. The number of aliphatic imine (C=N–C) groups is 1. The number of halogens is 1. The second kappa shape index (κ2) is 4.57. The number of rotatable bonds is 2. The maximum atomic E-state index is 4.53. The molecule has 2 aromatic rings. The summed E-state index contributed by atoms with van der Waals surface area (Å²) in [5.74, 6) is 0. The maximum Gasteiger partial charge on any atom is 0.0713 e. The van der Waals surface area contributed by atoms with E-state index in [0.29, 0.717) is 0 Å². The van der Waals surface area contributed by atoms with E-state index in [9.17, 15) is 0 Å². The Morgan fingerprint density at radius 3 is 3.00 bits per heavy atom. The van der Waals surface area contributed by atoms with Gasteiger partial charge in [-0.2, -0.15) is 0 Å². The van der Waals surface area contributed by atoms with Crippen molar-refractivity contribution in [2.75, 3.05) is 6.54 Å². The Bertz CT molecular complexity index is 590. The van der Waals surface area contributed by atoms with Crippen LogP contribution in [0.15, 0.2) is 39.9 Å². The van der Waals surface area contributed by atoms with Gasteiger partial charge in [-0.25, -0.2) is 0 Å². The zero-order valence-corrected chi connectivity index (χ0v) is 11.1. The summed E-state index contributed by atoms with van der Waals surface area (Å²) in [6.45, 7) is 1.00. The number of benzene rings is 1. The highest BCUT2D eigenvalue weighted by molar-refractivity contribution is 9.10. The van der Waals surface area contributed by atoms with E-state index in [-0.39, 0.29) is 0 Å². The first-order valence-corrected chi connectivity index (χ1v) is 6.68. The van der Waals surface area contributed by atoms with E-state index in [1.54, 1.807) is 0 Å².